The van der Waals surface area contributed by atoms with Crippen LogP contribution in [-0.2, 0) is 6.42 Å². The summed E-state index contributed by atoms with van der Waals surface area (Å²) in [7, 11) is 0. The Balaban J connectivity index is 1.82. The highest BCUT2D eigenvalue weighted by molar-refractivity contribution is 9.10. The Kier molecular flexibility index (Phi) is 4.79. The van der Waals surface area contributed by atoms with Gasteiger partial charge in [-0.1, -0.05) is 15.9 Å². The molecule has 0 atom stereocenters. The number of nitrogen functional groups attached to an aromatic ring is 1. The maximum absolute atomic E-state index is 12.0. The van der Waals surface area contributed by atoms with Crippen LogP contribution in [0.3, 0.4) is 0 Å². The lowest BCUT2D eigenvalue weighted by Crippen LogP contribution is -2.25. The number of nitrogens with zero attached hydrogens (tertiary/aromatic N) is 1. The number of halogens is 1. The summed E-state index contributed by atoms with van der Waals surface area (Å²) in [5.74, 6) is -0.140. The molecule has 0 bridgehead atoms. The third-order valence-electron chi connectivity index (χ3n) is 3.10. The van der Waals surface area contributed by atoms with Gasteiger partial charge in [-0.15, -0.1) is 0 Å². The third kappa shape index (κ3) is 3.60. The zero-order chi connectivity index (χ0) is 14.5. The molecule has 0 radical (unpaired) electrons. The van der Waals surface area contributed by atoms with E-state index in [-0.39, 0.29) is 5.91 Å². The molecule has 0 saturated heterocycles. The van der Waals surface area contributed by atoms with Crippen molar-refractivity contribution in [1.82, 2.24) is 15.5 Å². The van der Waals surface area contributed by atoms with Gasteiger partial charge in [0, 0.05) is 22.4 Å². The van der Waals surface area contributed by atoms with Crippen LogP contribution in [0.2, 0.25) is 0 Å². The van der Waals surface area contributed by atoms with Crippen LogP contribution in [0.5, 0.6) is 0 Å². The summed E-state index contributed by atoms with van der Waals surface area (Å²) in [4.78, 5) is 12.0. The van der Waals surface area contributed by atoms with Crippen LogP contribution in [0.4, 0.5) is 5.69 Å². The summed E-state index contributed by atoms with van der Waals surface area (Å²) in [6.45, 7) is 2.60. The number of carbonyl (C=O) groups is 1. The van der Waals surface area contributed by atoms with Gasteiger partial charge in [0.05, 0.1) is 11.8 Å². The fourth-order valence-electron chi connectivity index (χ4n) is 1.94. The number of nitrogens with two attached hydrogens (primary N) is 1. The van der Waals surface area contributed by atoms with Gasteiger partial charge >= 0.3 is 0 Å². The molecule has 20 heavy (non-hydrogen) atoms. The summed E-state index contributed by atoms with van der Waals surface area (Å²) < 4.78 is 0.863. The van der Waals surface area contributed by atoms with Gasteiger partial charge in [-0.25, -0.2) is 0 Å². The average molecular weight is 337 g/mol. The van der Waals surface area contributed by atoms with Crippen molar-refractivity contribution in [2.24, 2.45) is 0 Å². The zero-order valence-corrected chi connectivity index (χ0v) is 12.8. The minimum Gasteiger partial charge on any atom is -0.398 e. The molecule has 1 aromatic carbocycles. The first-order chi connectivity index (χ1) is 9.58. The van der Waals surface area contributed by atoms with Gasteiger partial charge in [0.15, 0.2) is 0 Å². The number of hydrogen-bond acceptors (Lipinski definition) is 3. The normalized spacial score (nSPS) is 10.5. The molecule has 6 heteroatoms. The van der Waals surface area contributed by atoms with E-state index in [2.05, 4.69) is 31.4 Å². The highest BCUT2D eigenvalue weighted by atomic mass is 79.9. The average Bonchev–Trinajstić information content (AvgIpc) is 2.80. The Morgan fingerprint density at radius 1 is 1.50 bits per heavy atom. The predicted octanol–water partition coefficient (Wildman–Crippen LogP) is 2.43. The second kappa shape index (κ2) is 6.56. The van der Waals surface area contributed by atoms with Crippen molar-refractivity contribution in [2.45, 2.75) is 19.8 Å². The van der Waals surface area contributed by atoms with Crippen molar-refractivity contribution in [3.05, 3.63) is 45.7 Å². The number of aromatic nitrogens is 2. The van der Waals surface area contributed by atoms with Gasteiger partial charge in [0.1, 0.15) is 0 Å². The Hall–Kier alpha value is -1.82. The van der Waals surface area contributed by atoms with Gasteiger partial charge in [-0.2, -0.15) is 5.10 Å². The summed E-state index contributed by atoms with van der Waals surface area (Å²) in [5.41, 5.74) is 9.06. The van der Waals surface area contributed by atoms with Crippen molar-refractivity contribution in [3.8, 4) is 0 Å². The second-order valence-electron chi connectivity index (χ2n) is 4.61. The first-order valence-electron chi connectivity index (χ1n) is 6.40. The molecule has 0 saturated carbocycles. The molecule has 1 amide bonds. The topological polar surface area (TPSA) is 83.8 Å². The van der Waals surface area contributed by atoms with E-state index in [9.17, 15) is 4.79 Å². The number of carbonyl (C=O) groups excluding carboxylic acids is 1. The molecule has 0 spiro atoms. The Morgan fingerprint density at radius 3 is 2.95 bits per heavy atom. The minimum atomic E-state index is -0.140. The Labute approximate surface area is 126 Å². The largest absolute Gasteiger partial charge is 0.398 e. The zero-order valence-electron chi connectivity index (χ0n) is 11.2. The number of anilines is 1. The molecule has 4 N–H and O–H groups in total. The lowest BCUT2D eigenvalue weighted by Gasteiger charge is -2.07. The highest BCUT2D eigenvalue weighted by Crippen LogP contribution is 2.18. The summed E-state index contributed by atoms with van der Waals surface area (Å²) in [6, 6.07) is 5.25. The molecule has 106 valence electrons. The molecule has 0 aliphatic heterocycles. The summed E-state index contributed by atoms with van der Waals surface area (Å²) >= 11 is 3.32. The van der Waals surface area contributed by atoms with Crippen molar-refractivity contribution in [1.29, 1.82) is 0 Å². The van der Waals surface area contributed by atoms with Gasteiger partial charge in [-0.3, -0.25) is 9.89 Å². The van der Waals surface area contributed by atoms with E-state index in [0.717, 1.165) is 23.0 Å². The van der Waals surface area contributed by atoms with Crippen LogP contribution in [0.1, 0.15) is 28.0 Å². The van der Waals surface area contributed by atoms with Crippen LogP contribution in [0.15, 0.2) is 28.9 Å². The first kappa shape index (κ1) is 14.6. The number of benzene rings is 1. The number of H-pyrrole nitrogens is 1. The number of hydrogen-bond donors (Lipinski definition) is 3. The van der Waals surface area contributed by atoms with E-state index in [1.54, 1.807) is 18.2 Å². The molecule has 2 rings (SSSR count). The number of nitrogens with one attached hydrogen (secondary N) is 2. The van der Waals surface area contributed by atoms with E-state index in [4.69, 9.17) is 5.73 Å². The van der Waals surface area contributed by atoms with Crippen molar-refractivity contribution in [2.75, 3.05) is 12.3 Å². The number of rotatable bonds is 5. The minimum absolute atomic E-state index is 0.140. The van der Waals surface area contributed by atoms with Gasteiger partial charge in [0.25, 0.3) is 5.91 Å². The van der Waals surface area contributed by atoms with Gasteiger partial charge in [0.2, 0.25) is 0 Å². The molecular weight excluding hydrogens is 320 g/mol. The monoisotopic (exact) mass is 336 g/mol. The number of aromatic amines is 1. The van der Waals surface area contributed by atoms with Gasteiger partial charge in [-0.05, 0) is 43.5 Å². The summed E-state index contributed by atoms with van der Waals surface area (Å²) in [6.07, 6.45) is 3.57. The third-order valence-corrected chi connectivity index (χ3v) is 3.59. The fraction of sp³-hybridized carbons (Fsp3) is 0.286. The van der Waals surface area contributed by atoms with Crippen LogP contribution in [0.25, 0.3) is 0 Å². The number of amides is 1. The molecule has 0 fully saturated rings. The summed E-state index contributed by atoms with van der Waals surface area (Å²) in [5, 5.41) is 9.74. The Morgan fingerprint density at radius 2 is 2.30 bits per heavy atom. The van der Waals surface area contributed by atoms with E-state index in [0.29, 0.717) is 17.8 Å². The Bertz CT molecular complexity index is 609. The maximum atomic E-state index is 12.0. The quantitative estimate of drug-likeness (QED) is 0.579. The SMILES string of the molecule is Cc1[nH]ncc1CCCNC(=O)c1ccc(Br)cc1N. The van der Waals surface area contributed by atoms with Gasteiger partial charge < -0.3 is 11.1 Å². The van der Waals surface area contributed by atoms with E-state index in [1.165, 1.54) is 5.56 Å². The second-order valence-corrected chi connectivity index (χ2v) is 5.53. The van der Waals surface area contributed by atoms with Crippen LogP contribution in [-0.4, -0.2) is 22.6 Å². The van der Waals surface area contributed by atoms with Crippen molar-refractivity contribution in [3.63, 3.8) is 0 Å². The fourth-order valence-corrected chi connectivity index (χ4v) is 2.32. The van der Waals surface area contributed by atoms with Crippen LogP contribution in [0, 0.1) is 6.92 Å². The van der Waals surface area contributed by atoms with E-state index < -0.39 is 0 Å². The van der Waals surface area contributed by atoms with E-state index >= 15 is 0 Å². The van der Waals surface area contributed by atoms with E-state index in [1.807, 2.05) is 13.1 Å². The molecule has 0 aliphatic rings. The molecule has 5 nitrogen and oxygen atoms in total. The van der Waals surface area contributed by atoms with Crippen molar-refractivity contribution < 1.29 is 4.79 Å². The molecular formula is C14H17BrN4O. The van der Waals surface area contributed by atoms with Crippen LogP contribution < -0.4 is 11.1 Å². The molecule has 1 heterocycles. The maximum Gasteiger partial charge on any atom is 0.253 e. The molecule has 0 unspecified atom stereocenters. The lowest BCUT2D eigenvalue weighted by molar-refractivity contribution is 0.0954. The smallest absolute Gasteiger partial charge is 0.253 e. The molecule has 2 aromatic rings. The van der Waals surface area contributed by atoms with Crippen molar-refractivity contribution >= 4 is 27.5 Å². The predicted molar refractivity (Wildman–Crippen MR) is 82.5 cm³/mol. The van der Waals surface area contributed by atoms with Crippen LogP contribution >= 0.6 is 15.9 Å². The lowest BCUT2D eigenvalue weighted by atomic mass is 10.1. The standard InChI is InChI=1S/C14H17BrN4O/c1-9-10(8-18-19-9)3-2-6-17-14(20)12-5-4-11(15)7-13(12)16/h4-5,7-8H,2-3,6,16H2,1H3,(H,17,20)(H,18,19). The number of aryl methyl sites for hydroxylation is 2. The molecule has 0 aliphatic carbocycles. The molecule has 1 aromatic heterocycles. The highest BCUT2D eigenvalue weighted by Gasteiger charge is 2.09. The first-order valence-corrected chi connectivity index (χ1v) is 7.19.